The summed E-state index contributed by atoms with van der Waals surface area (Å²) in [6, 6.07) is 5.94. The molecular weight excluding hydrogens is 212 g/mol. The van der Waals surface area contributed by atoms with Crippen LogP contribution in [0.25, 0.3) is 0 Å². The van der Waals surface area contributed by atoms with Crippen molar-refractivity contribution in [2.24, 2.45) is 5.92 Å². The van der Waals surface area contributed by atoms with E-state index >= 15 is 0 Å². The molecule has 0 spiro atoms. The Bertz CT molecular complexity index is 369. The van der Waals surface area contributed by atoms with Crippen molar-refractivity contribution in [3.63, 3.8) is 0 Å². The topological polar surface area (TPSA) is 18.5 Å². The molecule has 1 rings (SSSR count). The number of hydrogen-bond acceptors (Lipinski definition) is 2. The average Bonchev–Trinajstić information content (AvgIpc) is 2.36. The van der Waals surface area contributed by atoms with Gasteiger partial charge in [-0.05, 0) is 42.5 Å². The lowest BCUT2D eigenvalue weighted by Gasteiger charge is -2.12. The molecule has 1 unspecified atom stereocenters. The molecule has 0 heterocycles. The van der Waals surface area contributed by atoms with Crippen LogP contribution in [-0.4, -0.2) is 14.2 Å². The highest BCUT2D eigenvalue weighted by molar-refractivity contribution is 5.40. The van der Waals surface area contributed by atoms with Crippen LogP contribution in [0.4, 0.5) is 0 Å². The summed E-state index contributed by atoms with van der Waals surface area (Å²) in [5.41, 5.74) is 1.19. The molecule has 0 saturated heterocycles. The number of rotatable bonds is 6. The normalized spacial score (nSPS) is 12.7. The fourth-order valence-electron chi connectivity index (χ4n) is 1.82. The molecule has 1 aromatic carbocycles. The van der Waals surface area contributed by atoms with E-state index in [-0.39, 0.29) is 0 Å². The van der Waals surface area contributed by atoms with Crippen LogP contribution in [0.2, 0.25) is 0 Å². The first kappa shape index (κ1) is 13.6. The van der Waals surface area contributed by atoms with Crippen molar-refractivity contribution in [2.45, 2.75) is 26.7 Å². The van der Waals surface area contributed by atoms with Crippen molar-refractivity contribution < 1.29 is 9.47 Å². The molecule has 2 nitrogen and oxygen atoms in total. The summed E-state index contributed by atoms with van der Waals surface area (Å²) in [6.45, 7) is 4.36. The minimum Gasteiger partial charge on any atom is -0.497 e. The van der Waals surface area contributed by atoms with Crippen LogP contribution >= 0.6 is 0 Å². The molecule has 94 valence electrons. The maximum atomic E-state index is 5.37. The number of methoxy groups -OCH3 is 2. The summed E-state index contributed by atoms with van der Waals surface area (Å²) in [7, 11) is 3.39. The van der Waals surface area contributed by atoms with Gasteiger partial charge in [-0.15, -0.1) is 0 Å². The Morgan fingerprint density at radius 1 is 1.24 bits per heavy atom. The van der Waals surface area contributed by atoms with E-state index in [1.165, 1.54) is 5.56 Å². The van der Waals surface area contributed by atoms with Gasteiger partial charge in [-0.25, -0.2) is 0 Å². The Hall–Kier alpha value is -1.44. The summed E-state index contributed by atoms with van der Waals surface area (Å²) < 4.78 is 10.6. The zero-order chi connectivity index (χ0) is 12.7. The van der Waals surface area contributed by atoms with E-state index in [1.807, 2.05) is 12.1 Å². The molecule has 17 heavy (non-hydrogen) atoms. The lowest BCUT2D eigenvalue weighted by Crippen LogP contribution is -1.99. The molecule has 0 saturated carbocycles. The first-order valence-corrected chi connectivity index (χ1v) is 6.08. The van der Waals surface area contributed by atoms with Gasteiger partial charge >= 0.3 is 0 Å². The lowest BCUT2D eigenvalue weighted by atomic mass is 9.99. The van der Waals surface area contributed by atoms with Gasteiger partial charge in [0.05, 0.1) is 14.2 Å². The van der Waals surface area contributed by atoms with Gasteiger partial charge in [0.2, 0.25) is 0 Å². The van der Waals surface area contributed by atoms with E-state index in [4.69, 9.17) is 9.47 Å². The molecule has 0 amide bonds. The summed E-state index contributed by atoms with van der Waals surface area (Å²) in [5.74, 6) is 2.32. The molecule has 0 radical (unpaired) electrons. The smallest absolute Gasteiger partial charge is 0.122 e. The second-order valence-electron chi connectivity index (χ2n) is 4.20. The first-order valence-electron chi connectivity index (χ1n) is 6.08. The van der Waals surface area contributed by atoms with Crippen LogP contribution in [-0.2, 0) is 6.42 Å². The summed E-state index contributed by atoms with van der Waals surface area (Å²) in [6.07, 6.45) is 6.51. The van der Waals surface area contributed by atoms with E-state index in [9.17, 15) is 0 Å². The second-order valence-corrected chi connectivity index (χ2v) is 4.20. The third-order valence-corrected chi connectivity index (χ3v) is 2.73. The summed E-state index contributed by atoms with van der Waals surface area (Å²) in [5, 5.41) is 0. The minimum atomic E-state index is 0.510. The van der Waals surface area contributed by atoms with E-state index in [2.05, 4.69) is 32.1 Å². The minimum absolute atomic E-state index is 0.510. The van der Waals surface area contributed by atoms with Gasteiger partial charge in [0.15, 0.2) is 0 Å². The number of hydrogen-bond donors (Lipinski definition) is 0. The largest absolute Gasteiger partial charge is 0.497 e. The van der Waals surface area contributed by atoms with Gasteiger partial charge in [-0.3, -0.25) is 0 Å². The van der Waals surface area contributed by atoms with Crippen LogP contribution in [0.15, 0.2) is 30.4 Å². The summed E-state index contributed by atoms with van der Waals surface area (Å²) >= 11 is 0. The van der Waals surface area contributed by atoms with Gasteiger partial charge in [-0.2, -0.15) is 0 Å². The number of benzene rings is 1. The zero-order valence-corrected chi connectivity index (χ0v) is 11.2. The highest BCUT2D eigenvalue weighted by atomic mass is 16.5. The molecule has 0 aliphatic carbocycles. The monoisotopic (exact) mass is 234 g/mol. The predicted octanol–water partition coefficient (Wildman–Crippen LogP) is 3.85. The van der Waals surface area contributed by atoms with E-state index in [0.717, 1.165) is 24.3 Å². The predicted molar refractivity (Wildman–Crippen MR) is 71.8 cm³/mol. The molecule has 0 aromatic heterocycles. The standard InChI is InChI=1S/C15H22O2/c1-5-6-7-12(2)10-13-11-14(16-3)8-9-15(13)17-4/h6-9,11-12H,5,10H2,1-4H3/b7-6-. The third kappa shape index (κ3) is 4.14. The number of ether oxygens (including phenoxy) is 2. The summed E-state index contributed by atoms with van der Waals surface area (Å²) in [4.78, 5) is 0. The Labute approximate surface area is 104 Å². The molecule has 2 heteroatoms. The molecular formula is C15H22O2. The fraction of sp³-hybridized carbons (Fsp3) is 0.467. The van der Waals surface area contributed by atoms with Gasteiger partial charge in [-0.1, -0.05) is 26.0 Å². The first-order chi connectivity index (χ1) is 8.21. The van der Waals surface area contributed by atoms with Crippen LogP contribution in [0, 0.1) is 5.92 Å². The molecule has 0 bridgehead atoms. The van der Waals surface area contributed by atoms with Crippen LogP contribution in [0.5, 0.6) is 11.5 Å². The average molecular weight is 234 g/mol. The van der Waals surface area contributed by atoms with Crippen molar-refractivity contribution in [3.8, 4) is 11.5 Å². The third-order valence-electron chi connectivity index (χ3n) is 2.73. The molecule has 1 atom stereocenters. The van der Waals surface area contributed by atoms with Crippen LogP contribution < -0.4 is 9.47 Å². The molecule has 0 aliphatic rings. The highest BCUT2D eigenvalue weighted by Crippen LogP contribution is 2.26. The van der Waals surface area contributed by atoms with Crippen molar-refractivity contribution >= 4 is 0 Å². The lowest BCUT2D eigenvalue weighted by molar-refractivity contribution is 0.397. The molecule has 0 fully saturated rings. The fourth-order valence-corrected chi connectivity index (χ4v) is 1.82. The van der Waals surface area contributed by atoms with Gasteiger partial charge in [0, 0.05) is 0 Å². The molecule has 0 aliphatic heterocycles. The van der Waals surface area contributed by atoms with Crippen LogP contribution in [0.1, 0.15) is 25.8 Å². The van der Waals surface area contributed by atoms with Crippen LogP contribution in [0.3, 0.4) is 0 Å². The molecule has 0 N–H and O–H groups in total. The maximum absolute atomic E-state index is 5.37. The van der Waals surface area contributed by atoms with E-state index < -0.39 is 0 Å². The Kier molecular flexibility index (Phi) is 5.61. The Balaban J connectivity index is 2.83. The van der Waals surface area contributed by atoms with Crippen molar-refractivity contribution in [2.75, 3.05) is 14.2 Å². The Morgan fingerprint density at radius 2 is 2.00 bits per heavy atom. The quantitative estimate of drug-likeness (QED) is 0.696. The zero-order valence-electron chi connectivity index (χ0n) is 11.2. The maximum Gasteiger partial charge on any atom is 0.122 e. The molecule has 1 aromatic rings. The van der Waals surface area contributed by atoms with Crippen molar-refractivity contribution in [1.29, 1.82) is 0 Å². The SMILES string of the molecule is CC/C=C\C(C)Cc1cc(OC)ccc1OC. The van der Waals surface area contributed by atoms with Crippen molar-refractivity contribution in [1.82, 2.24) is 0 Å². The number of allylic oxidation sites excluding steroid dienone is 2. The highest BCUT2D eigenvalue weighted by Gasteiger charge is 2.07. The Morgan fingerprint density at radius 3 is 2.59 bits per heavy atom. The van der Waals surface area contributed by atoms with Gasteiger partial charge in [0.25, 0.3) is 0 Å². The van der Waals surface area contributed by atoms with E-state index in [0.29, 0.717) is 5.92 Å². The second kappa shape index (κ2) is 7.00. The van der Waals surface area contributed by atoms with E-state index in [1.54, 1.807) is 14.2 Å². The van der Waals surface area contributed by atoms with Gasteiger partial charge in [0.1, 0.15) is 11.5 Å². The van der Waals surface area contributed by atoms with Gasteiger partial charge < -0.3 is 9.47 Å². The van der Waals surface area contributed by atoms with Crippen molar-refractivity contribution in [3.05, 3.63) is 35.9 Å².